The molecule has 2 aromatic carbocycles. The summed E-state index contributed by atoms with van der Waals surface area (Å²) < 4.78 is 6.30. The van der Waals surface area contributed by atoms with Crippen LogP contribution in [0.4, 0.5) is 5.69 Å². The molecule has 5 nitrogen and oxygen atoms in total. The highest BCUT2D eigenvalue weighted by Crippen LogP contribution is 2.34. The zero-order valence-electron chi connectivity index (χ0n) is 15.1. The van der Waals surface area contributed by atoms with Gasteiger partial charge in [0.05, 0.1) is 5.69 Å². The van der Waals surface area contributed by atoms with E-state index in [1.54, 1.807) is 12.1 Å². The van der Waals surface area contributed by atoms with Gasteiger partial charge in [-0.25, -0.2) is 0 Å². The number of carbonyl (C=O) groups excluding carboxylic acids is 2. The lowest BCUT2D eigenvalue weighted by molar-refractivity contribution is -0.126. The minimum absolute atomic E-state index is 0.0667. The molecule has 2 amide bonds. The molecule has 0 unspecified atom stereocenters. The second-order valence-electron chi connectivity index (χ2n) is 7.08. The lowest BCUT2D eigenvalue weighted by Gasteiger charge is -2.31. The van der Waals surface area contributed by atoms with Crippen molar-refractivity contribution in [3.63, 3.8) is 0 Å². The molecule has 0 saturated carbocycles. The Hall–Kier alpha value is -2.05. The highest BCUT2D eigenvalue weighted by atomic mass is 79.9. The summed E-state index contributed by atoms with van der Waals surface area (Å²) in [6, 6.07) is 12.9. The van der Waals surface area contributed by atoms with Gasteiger partial charge in [0.25, 0.3) is 5.91 Å². The Morgan fingerprint density at radius 1 is 1.30 bits per heavy atom. The SMILES string of the molecule is CC(C)(Cc1ccccc1Cl)NC(=O)CN1C(=O)COc2cc(Br)ccc21. The molecule has 142 valence electrons. The second-order valence-corrected chi connectivity index (χ2v) is 8.40. The van der Waals surface area contributed by atoms with E-state index in [9.17, 15) is 9.59 Å². The summed E-state index contributed by atoms with van der Waals surface area (Å²) in [5.41, 5.74) is 1.04. The summed E-state index contributed by atoms with van der Waals surface area (Å²) in [4.78, 5) is 26.4. The molecule has 0 saturated heterocycles. The molecule has 0 aliphatic carbocycles. The molecule has 1 N–H and O–H groups in total. The number of halogens is 2. The summed E-state index contributed by atoms with van der Waals surface area (Å²) in [5, 5.41) is 3.67. The lowest BCUT2D eigenvalue weighted by Crippen LogP contribution is -2.51. The maximum absolute atomic E-state index is 12.6. The number of fused-ring (bicyclic) bond motifs is 1. The van der Waals surface area contributed by atoms with Crippen molar-refractivity contribution in [2.75, 3.05) is 18.1 Å². The van der Waals surface area contributed by atoms with Crippen molar-refractivity contribution in [3.05, 3.63) is 57.5 Å². The van der Waals surface area contributed by atoms with Gasteiger partial charge in [-0.05, 0) is 50.1 Å². The lowest BCUT2D eigenvalue weighted by atomic mass is 9.95. The Labute approximate surface area is 171 Å². The molecular formula is C20H20BrClN2O3. The van der Waals surface area contributed by atoms with Gasteiger partial charge in [0.1, 0.15) is 12.3 Å². The van der Waals surface area contributed by atoms with E-state index in [-0.39, 0.29) is 25.0 Å². The molecule has 2 aromatic rings. The predicted molar refractivity (Wildman–Crippen MR) is 109 cm³/mol. The van der Waals surface area contributed by atoms with Crippen LogP contribution in [0.2, 0.25) is 5.02 Å². The molecule has 0 aromatic heterocycles. The van der Waals surface area contributed by atoms with E-state index >= 15 is 0 Å². The van der Waals surface area contributed by atoms with Crippen LogP contribution >= 0.6 is 27.5 Å². The van der Waals surface area contributed by atoms with Crippen molar-refractivity contribution in [1.82, 2.24) is 5.32 Å². The zero-order valence-corrected chi connectivity index (χ0v) is 17.4. The standard InChI is InChI=1S/C20H20BrClN2O3/c1-20(2,10-13-5-3-4-6-15(13)22)23-18(25)11-24-16-8-7-14(21)9-17(16)27-12-19(24)26/h3-9H,10-12H2,1-2H3,(H,23,25). The molecule has 27 heavy (non-hydrogen) atoms. The van der Waals surface area contributed by atoms with Crippen LogP contribution in [0.25, 0.3) is 0 Å². The van der Waals surface area contributed by atoms with Crippen LogP contribution in [0, 0.1) is 0 Å². The van der Waals surface area contributed by atoms with Crippen LogP contribution in [0.1, 0.15) is 19.4 Å². The van der Waals surface area contributed by atoms with E-state index in [2.05, 4.69) is 21.2 Å². The summed E-state index contributed by atoms with van der Waals surface area (Å²) in [5.74, 6) is 0.0900. The highest BCUT2D eigenvalue weighted by Gasteiger charge is 2.29. The van der Waals surface area contributed by atoms with Gasteiger partial charge in [-0.3, -0.25) is 14.5 Å². The number of benzene rings is 2. The van der Waals surface area contributed by atoms with Gasteiger partial charge < -0.3 is 10.1 Å². The Morgan fingerprint density at radius 2 is 2.04 bits per heavy atom. The Kier molecular flexibility index (Phi) is 5.77. The fraction of sp³-hybridized carbons (Fsp3) is 0.300. The Balaban J connectivity index is 1.70. The fourth-order valence-corrected chi connectivity index (χ4v) is 3.62. The van der Waals surface area contributed by atoms with Crippen LogP contribution in [-0.2, 0) is 16.0 Å². The minimum Gasteiger partial charge on any atom is -0.482 e. The molecule has 0 bridgehead atoms. The largest absolute Gasteiger partial charge is 0.482 e. The Morgan fingerprint density at radius 3 is 2.78 bits per heavy atom. The first-order chi connectivity index (χ1) is 12.7. The van der Waals surface area contributed by atoms with Crippen molar-refractivity contribution in [3.8, 4) is 5.75 Å². The number of hydrogen-bond acceptors (Lipinski definition) is 3. The third kappa shape index (κ3) is 4.82. The van der Waals surface area contributed by atoms with E-state index in [0.29, 0.717) is 22.9 Å². The maximum atomic E-state index is 12.6. The number of amides is 2. The summed E-state index contributed by atoms with van der Waals surface area (Å²) in [6.45, 7) is 3.71. The monoisotopic (exact) mass is 450 g/mol. The molecule has 7 heteroatoms. The molecule has 0 atom stereocenters. The second kappa shape index (κ2) is 7.90. The summed E-state index contributed by atoms with van der Waals surface area (Å²) in [6.07, 6.45) is 0.582. The number of anilines is 1. The van der Waals surface area contributed by atoms with E-state index < -0.39 is 5.54 Å². The average Bonchev–Trinajstić information content (AvgIpc) is 2.59. The predicted octanol–water partition coefficient (Wildman–Crippen LogP) is 3.97. The van der Waals surface area contributed by atoms with Crippen LogP contribution in [-0.4, -0.2) is 30.5 Å². The minimum atomic E-state index is -0.514. The summed E-state index contributed by atoms with van der Waals surface area (Å²) in [7, 11) is 0. The van der Waals surface area contributed by atoms with Crippen LogP contribution < -0.4 is 15.0 Å². The smallest absolute Gasteiger partial charge is 0.265 e. The van der Waals surface area contributed by atoms with Crippen LogP contribution in [0.3, 0.4) is 0 Å². The molecule has 1 aliphatic heterocycles. The van der Waals surface area contributed by atoms with Gasteiger partial charge in [-0.15, -0.1) is 0 Å². The number of nitrogens with zero attached hydrogens (tertiary/aromatic N) is 1. The molecule has 0 radical (unpaired) electrons. The van der Waals surface area contributed by atoms with E-state index in [1.807, 2.05) is 44.2 Å². The first-order valence-corrected chi connectivity index (χ1v) is 9.69. The van der Waals surface area contributed by atoms with Gasteiger partial charge in [0.15, 0.2) is 6.61 Å². The van der Waals surface area contributed by atoms with Crippen LogP contribution in [0.5, 0.6) is 5.75 Å². The first kappa shape index (κ1) is 19.7. The maximum Gasteiger partial charge on any atom is 0.265 e. The summed E-state index contributed by atoms with van der Waals surface area (Å²) >= 11 is 9.61. The van der Waals surface area contributed by atoms with Gasteiger partial charge in [0.2, 0.25) is 5.91 Å². The van der Waals surface area contributed by atoms with Gasteiger partial charge in [-0.2, -0.15) is 0 Å². The number of rotatable bonds is 5. The van der Waals surface area contributed by atoms with Crippen molar-refractivity contribution >= 4 is 45.0 Å². The molecule has 3 rings (SSSR count). The van der Waals surface area contributed by atoms with E-state index in [1.165, 1.54) is 4.90 Å². The number of ether oxygens (including phenoxy) is 1. The topological polar surface area (TPSA) is 58.6 Å². The molecular weight excluding hydrogens is 432 g/mol. The third-order valence-electron chi connectivity index (χ3n) is 4.23. The van der Waals surface area contributed by atoms with Crippen LogP contribution in [0.15, 0.2) is 46.9 Å². The normalized spacial score (nSPS) is 13.8. The molecule has 1 heterocycles. The van der Waals surface area contributed by atoms with Crippen molar-refractivity contribution < 1.29 is 14.3 Å². The molecule has 0 spiro atoms. The van der Waals surface area contributed by atoms with E-state index in [0.717, 1.165) is 10.0 Å². The average molecular weight is 452 g/mol. The van der Waals surface area contributed by atoms with Crippen molar-refractivity contribution in [1.29, 1.82) is 0 Å². The van der Waals surface area contributed by atoms with Gasteiger partial charge >= 0.3 is 0 Å². The number of hydrogen-bond donors (Lipinski definition) is 1. The number of nitrogens with one attached hydrogen (secondary N) is 1. The first-order valence-electron chi connectivity index (χ1n) is 8.52. The molecule has 1 aliphatic rings. The van der Waals surface area contributed by atoms with Crippen molar-refractivity contribution in [2.45, 2.75) is 25.8 Å². The zero-order chi connectivity index (χ0) is 19.6. The molecule has 0 fully saturated rings. The number of carbonyl (C=O) groups is 2. The van der Waals surface area contributed by atoms with E-state index in [4.69, 9.17) is 16.3 Å². The van der Waals surface area contributed by atoms with Gasteiger partial charge in [0, 0.05) is 15.0 Å². The third-order valence-corrected chi connectivity index (χ3v) is 5.10. The van der Waals surface area contributed by atoms with Gasteiger partial charge in [-0.1, -0.05) is 45.7 Å². The van der Waals surface area contributed by atoms with Crippen molar-refractivity contribution in [2.24, 2.45) is 0 Å². The fourth-order valence-electron chi connectivity index (χ4n) is 3.07. The Bertz CT molecular complexity index is 885. The highest BCUT2D eigenvalue weighted by molar-refractivity contribution is 9.10. The quantitative estimate of drug-likeness (QED) is 0.748.